The minimum atomic E-state index is -4.46. The Bertz CT molecular complexity index is 876. The Morgan fingerprint density at radius 1 is 1.15 bits per heavy atom. The fraction of sp³-hybridized carbons (Fsp3) is 0.471. The molecule has 0 amide bonds. The summed E-state index contributed by atoms with van der Waals surface area (Å²) in [7, 11) is 0. The molecule has 0 aromatic carbocycles. The fourth-order valence-electron chi connectivity index (χ4n) is 3.05. The number of nitrogens with zero attached hydrogens (tertiary/aromatic N) is 5. The van der Waals surface area contributed by atoms with E-state index in [-0.39, 0.29) is 22.4 Å². The summed E-state index contributed by atoms with van der Waals surface area (Å²) in [6.07, 6.45) is -1.58. The second kappa shape index (κ2) is 7.38. The van der Waals surface area contributed by atoms with Crippen molar-refractivity contribution < 1.29 is 13.2 Å². The minimum Gasteiger partial charge on any atom is -0.365 e. The average Bonchev–Trinajstić information content (AvgIpc) is 2.63. The molecule has 0 saturated carbocycles. The predicted octanol–water partition coefficient (Wildman–Crippen LogP) is 3.22. The third kappa shape index (κ3) is 3.87. The smallest absolute Gasteiger partial charge is 0.365 e. The van der Waals surface area contributed by atoms with Crippen molar-refractivity contribution in [3.63, 3.8) is 0 Å². The van der Waals surface area contributed by atoms with Gasteiger partial charge in [-0.05, 0) is 26.0 Å². The van der Waals surface area contributed by atoms with E-state index in [1.807, 2.05) is 18.7 Å². The molecule has 146 valence electrons. The van der Waals surface area contributed by atoms with Crippen molar-refractivity contribution in [2.45, 2.75) is 26.1 Å². The van der Waals surface area contributed by atoms with Crippen LogP contribution in [0, 0.1) is 0 Å². The second-order valence-corrected chi connectivity index (χ2v) is 6.91. The predicted molar refractivity (Wildman–Crippen MR) is 97.6 cm³/mol. The highest BCUT2D eigenvalue weighted by Crippen LogP contribution is 2.35. The van der Waals surface area contributed by atoms with Gasteiger partial charge in [0.25, 0.3) is 5.56 Å². The number of rotatable bonds is 3. The van der Waals surface area contributed by atoms with E-state index >= 15 is 0 Å². The lowest BCUT2D eigenvalue weighted by atomic mass is 10.2. The monoisotopic (exact) mass is 401 g/mol. The molecule has 0 aliphatic carbocycles. The van der Waals surface area contributed by atoms with Gasteiger partial charge in [-0.3, -0.25) is 4.79 Å². The molecule has 0 spiro atoms. The zero-order chi connectivity index (χ0) is 19.8. The largest absolute Gasteiger partial charge is 0.419 e. The van der Waals surface area contributed by atoms with Gasteiger partial charge in [0.1, 0.15) is 10.8 Å². The maximum Gasteiger partial charge on any atom is 0.419 e. The van der Waals surface area contributed by atoms with Crippen molar-refractivity contribution in [2.75, 3.05) is 36.0 Å². The van der Waals surface area contributed by atoms with Crippen LogP contribution in [0.5, 0.6) is 0 Å². The summed E-state index contributed by atoms with van der Waals surface area (Å²) in [6, 6.07) is 2.18. The van der Waals surface area contributed by atoms with E-state index in [1.54, 1.807) is 4.90 Å². The Hall–Kier alpha value is -2.29. The van der Waals surface area contributed by atoms with Crippen molar-refractivity contribution >= 4 is 23.1 Å². The van der Waals surface area contributed by atoms with E-state index in [0.29, 0.717) is 31.9 Å². The number of halogens is 4. The highest BCUT2D eigenvalue weighted by atomic mass is 35.5. The van der Waals surface area contributed by atoms with Gasteiger partial charge < -0.3 is 9.80 Å². The molecule has 0 N–H and O–H groups in total. The van der Waals surface area contributed by atoms with Crippen LogP contribution in [0.1, 0.15) is 25.5 Å². The summed E-state index contributed by atoms with van der Waals surface area (Å²) in [6.45, 7) is 5.11. The van der Waals surface area contributed by atoms with Crippen LogP contribution < -0.4 is 15.4 Å². The van der Waals surface area contributed by atoms with Crippen LogP contribution in [0.2, 0.25) is 5.02 Å². The zero-order valence-electron chi connectivity index (χ0n) is 14.9. The highest BCUT2D eigenvalue weighted by molar-refractivity contribution is 6.33. The third-order valence-electron chi connectivity index (χ3n) is 4.43. The minimum absolute atomic E-state index is 0.0703. The van der Waals surface area contributed by atoms with E-state index in [1.165, 1.54) is 23.1 Å². The average molecular weight is 402 g/mol. The van der Waals surface area contributed by atoms with Gasteiger partial charge >= 0.3 is 6.18 Å². The van der Waals surface area contributed by atoms with Crippen LogP contribution in [-0.2, 0) is 6.18 Å². The SMILES string of the molecule is CC(C)n1ncc(N2CCN(c3ncccc3C(F)(F)F)CC2)c(Cl)c1=O. The second-order valence-electron chi connectivity index (χ2n) is 6.53. The van der Waals surface area contributed by atoms with Gasteiger partial charge in [0.05, 0.1) is 23.5 Å². The Balaban J connectivity index is 1.79. The molecule has 0 radical (unpaired) electrons. The fourth-order valence-corrected chi connectivity index (χ4v) is 3.31. The third-order valence-corrected chi connectivity index (χ3v) is 4.78. The highest BCUT2D eigenvalue weighted by Gasteiger charge is 2.36. The topological polar surface area (TPSA) is 54.3 Å². The Kier molecular flexibility index (Phi) is 5.32. The lowest BCUT2D eigenvalue weighted by Crippen LogP contribution is -2.48. The quantitative estimate of drug-likeness (QED) is 0.790. The molecule has 1 fully saturated rings. The van der Waals surface area contributed by atoms with Crippen LogP contribution in [0.4, 0.5) is 24.7 Å². The first-order chi connectivity index (χ1) is 12.7. The maximum absolute atomic E-state index is 13.2. The molecule has 2 aromatic rings. The normalized spacial score (nSPS) is 15.5. The van der Waals surface area contributed by atoms with E-state index < -0.39 is 11.7 Å². The molecule has 1 aliphatic rings. The number of hydrogen-bond acceptors (Lipinski definition) is 5. The molecule has 1 saturated heterocycles. The number of hydrogen-bond donors (Lipinski definition) is 0. The summed E-state index contributed by atoms with van der Waals surface area (Å²) in [5, 5.41) is 4.21. The van der Waals surface area contributed by atoms with Crippen molar-refractivity contribution in [1.29, 1.82) is 0 Å². The zero-order valence-corrected chi connectivity index (χ0v) is 15.6. The van der Waals surface area contributed by atoms with Gasteiger partial charge in [-0.25, -0.2) is 9.67 Å². The number of pyridine rings is 1. The summed E-state index contributed by atoms with van der Waals surface area (Å²) in [4.78, 5) is 19.7. The van der Waals surface area contributed by atoms with Crippen LogP contribution in [0.25, 0.3) is 0 Å². The Morgan fingerprint density at radius 2 is 1.78 bits per heavy atom. The summed E-state index contributed by atoms with van der Waals surface area (Å²) in [5.74, 6) is -0.0795. The number of anilines is 2. The first kappa shape index (κ1) is 19.5. The molecule has 0 unspecified atom stereocenters. The molecule has 0 bridgehead atoms. The first-order valence-corrected chi connectivity index (χ1v) is 8.87. The van der Waals surface area contributed by atoms with Gasteiger partial charge in [-0.1, -0.05) is 11.6 Å². The van der Waals surface area contributed by atoms with Gasteiger partial charge in [0, 0.05) is 32.4 Å². The van der Waals surface area contributed by atoms with Gasteiger partial charge in [0.2, 0.25) is 0 Å². The molecule has 3 rings (SSSR count). The van der Waals surface area contributed by atoms with Crippen molar-refractivity contribution in [2.24, 2.45) is 0 Å². The Morgan fingerprint density at radius 3 is 2.37 bits per heavy atom. The van der Waals surface area contributed by atoms with E-state index in [4.69, 9.17) is 11.6 Å². The van der Waals surface area contributed by atoms with E-state index in [0.717, 1.165) is 6.07 Å². The number of aromatic nitrogens is 3. The molecular weight excluding hydrogens is 383 g/mol. The Labute approximate surface area is 159 Å². The summed E-state index contributed by atoms with van der Waals surface area (Å²) < 4.78 is 40.9. The lowest BCUT2D eigenvalue weighted by Gasteiger charge is -2.37. The van der Waals surface area contributed by atoms with Crippen molar-refractivity contribution in [3.8, 4) is 0 Å². The van der Waals surface area contributed by atoms with Gasteiger partial charge in [-0.2, -0.15) is 18.3 Å². The van der Waals surface area contributed by atoms with E-state index in [2.05, 4.69) is 10.1 Å². The van der Waals surface area contributed by atoms with Gasteiger partial charge in [0.15, 0.2) is 0 Å². The summed E-state index contributed by atoms with van der Waals surface area (Å²) >= 11 is 6.22. The van der Waals surface area contributed by atoms with Gasteiger partial charge in [-0.15, -0.1) is 0 Å². The molecule has 1 aliphatic heterocycles. The maximum atomic E-state index is 13.2. The first-order valence-electron chi connectivity index (χ1n) is 8.49. The van der Waals surface area contributed by atoms with Crippen LogP contribution in [0.15, 0.2) is 29.3 Å². The molecule has 27 heavy (non-hydrogen) atoms. The number of piperazine rings is 1. The molecule has 2 aromatic heterocycles. The standard InChI is InChI=1S/C17H19ClF3N5O/c1-11(2)26-16(27)14(18)13(10-23-26)24-6-8-25(9-7-24)15-12(17(19,20)21)4-3-5-22-15/h3-5,10-11H,6-9H2,1-2H3. The van der Waals surface area contributed by atoms with Crippen molar-refractivity contribution in [3.05, 3.63) is 45.5 Å². The molecule has 0 atom stereocenters. The van der Waals surface area contributed by atoms with Crippen LogP contribution in [-0.4, -0.2) is 40.9 Å². The van der Waals surface area contributed by atoms with Crippen LogP contribution >= 0.6 is 11.6 Å². The van der Waals surface area contributed by atoms with Crippen molar-refractivity contribution in [1.82, 2.24) is 14.8 Å². The molecule has 3 heterocycles. The van der Waals surface area contributed by atoms with Crippen LogP contribution in [0.3, 0.4) is 0 Å². The number of alkyl halides is 3. The molecular formula is C17H19ClF3N5O. The molecule has 6 nitrogen and oxygen atoms in total. The molecule has 10 heteroatoms. The van der Waals surface area contributed by atoms with E-state index in [9.17, 15) is 18.0 Å². The lowest BCUT2D eigenvalue weighted by molar-refractivity contribution is -0.137. The summed E-state index contributed by atoms with van der Waals surface area (Å²) in [5.41, 5.74) is -0.636.